The van der Waals surface area contributed by atoms with Gasteiger partial charge in [-0.05, 0) is 53.8 Å². The molecule has 1 saturated heterocycles. The van der Waals surface area contributed by atoms with Crippen molar-refractivity contribution in [1.82, 2.24) is 14.8 Å². The summed E-state index contributed by atoms with van der Waals surface area (Å²) in [5.41, 5.74) is 3.84. The monoisotopic (exact) mass is 383 g/mol. The summed E-state index contributed by atoms with van der Waals surface area (Å²) in [6.07, 6.45) is 3.73. The largest absolute Gasteiger partial charge is 0.339 e. The zero-order valence-electron chi connectivity index (χ0n) is 16.4. The first-order valence-corrected chi connectivity index (χ1v) is 9.63. The first-order valence-electron chi connectivity index (χ1n) is 9.63. The molecule has 148 valence electrons. The highest BCUT2D eigenvalue weighted by atomic mass is 19.1. The summed E-state index contributed by atoms with van der Waals surface area (Å²) < 4.78 is 12.6. The zero-order chi connectivity index (χ0) is 20.1. The Balaban J connectivity index is 1.62. The SMILES string of the molecule is Cc1cc(C(=O)N2CCN(C(=O)CC(C)CF)CC2)ccc1-c1ccncc1. The molecule has 1 aliphatic heterocycles. The number of pyridine rings is 1. The van der Waals surface area contributed by atoms with E-state index in [4.69, 9.17) is 0 Å². The Kier molecular flexibility index (Phi) is 6.39. The Morgan fingerprint density at radius 3 is 2.32 bits per heavy atom. The minimum Gasteiger partial charge on any atom is -0.339 e. The lowest BCUT2D eigenvalue weighted by Crippen LogP contribution is -2.50. The average molecular weight is 383 g/mol. The molecule has 1 unspecified atom stereocenters. The van der Waals surface area contributed by atoms with Gasteiger partial charge in [0.15, 0.2) is 0 Å². The van der Waals surface area contributed by atoms with Gasteiger partial charge in [0.1, 0.15) is 0 Å². The van der Waals surface area contributed by atoms with Crippen LogP contribution in [0.3, 0.4) is 0 Å². The number of benzene rings is 1. The molecule has 3 rings (SSSR count). The summed E-state index contributed by atoms with van der Waals surface area (Å²) in [6.45, 7) is 5.23. The fourth-order valence-corrected chi connectivity index (χ4v) is 3.48. The highest BCUT2D eigenvalue weighted by molar-refractivity contribution is 5.95. The van der Waals surface area contributed by atoms with E-state index >= 15 is 0 Å². The summed E-state index contributed by atoms with van der Waals surface area (Å²) in [5.74, 6) is -0.308. The zero-order valence-corrected chi connectivity index (χ0v) is 16.4. The number of aromatic nitrogens is 1. The highest BCUT2D eigenvalue weighted by Crippen LogP contribution is 2.24. The number of hydrogen-bond acceptors (Lipinski definition) is 3. The van der Waals surface area contributed by atoms with Crippen molar-refractivity contribution in [3.05, 3.63) is 53.9 Å². The molecule has 2 heterocycles. The van der Waals surface area contributed by atoms with Gasteiger partial charge < -0.3 is 9.80 Å². The van der Waals surface area contributed by atoms with E-state index in [0.29, 0.717) is 31.7 Å². The lowest BCUT2D eigenvalue weighted by atomic mass is 9.99. The molecule has 0 saturated carbocycles. The van der Waals surface area contributed by atoms with Crippen LogP contribution in [0.4, 0.5) is 4.39 Å². The van der Waals surface area contributed by atoms with Crippen molar-refractivity contribution in [2.24, 2.45) is 5.92 Å². The maximum atomic E-state index is 12.9. The molecule has 5 nitrogen and oxygen atoms in total. The minimum atomic E-state index is -0.487. The quantitative estimate of drug-likeness (QED) is 0.796. The molecule has 0 aliphatic carbocycles. The predicted octanol–water partition coefficient (Wildman–Crippen LogP) is 3.34. The molecule has 0 N–H and O–H groups in total. The van der Waals surface area contributed by atoms with Crippen molar-refractivity contribution in [2.75, 3.05) is 32.9 Å². The van der Waals surface area contributed by atoms with E-state index in [1.807, 2.05) is 37.3 Å². The van der Waals surface area contributed by atoms with Crippen molar-refractivity contribution in [3.8, 4) is 11.1 Å². The van der Waals surface area contributed by atoms with E-state index in [2.05, 4.69) is 4.98 Å². The number of carbonyl (C=O) groups is 2. The van der Waals surface area contributed by atoms with Gasteiger partial charge in [0, 0.05) is 50.6 Å². The van der Waals surface area contributed by atoms with Gasteiger partial charge in [0.2, 0.25) is 5.91 Å². The van der Waals surface area contributed by atoms with E-state index in [0.717, 1.165) is 16.7 Å². The highest BCUT2D eigenvalue weighted by Gasteiger charge is 2.25. The first kappa shape index (κ1) is 20.0. The van der Waals surface area contributed by atoms with Gasteiger partial charge in [-0.3, -0.25) is 19.0 Å². The van der Waals surface area contributed by atoms with Crippen LogP contribution in [-0.2, 0) is 4.79 Å². The van der Waals surface area contributed by atoms with Gasteiger partial charge in [-0.2, -0.15) is 0 Å². The van der Waals surface area contributed by atoms with E-state index in [1.54, 1.807) is 29.1 Å². The van der Waals surface area contributed by atoms with Gasteiger partial charge in [0.05, 0.1) is 6.67 Å². The number of halogens is 1. The molecule has 28 heavy (non-hydrogen) atoms. The second-order valence-corrected chi connectivity index (χ2v) is 7.40. The van der Waals surface area contributed by atoms with E-state index in [1.165, 1.54) is 0 Å². The molecule has 1 aromatic carbocycles. The van der Waals surface area contributed by atoms with Crippen LogP contribution < -0.4 is 0 Å². The van der Waals surface area contributed by atoms with Crippen LogP contribution in [0.1, 0.15) is 29.3 Å². The number of piperazine rings is 1. The maximum Gasteiger partial charge on any atom is 0.253 e. The Bertz CT molecular complexity index is 833. The third-order valence-electron chi connectivity index (χ3n) is 5.17. The molecular weight excluding hydrogens is 357 g/mol. The average Bonchev–Trinajstić information content (AvgIpc) is 2.73. The van der Waals surface area contributed by atoms with Crippen LogP contribution in [0, 0.1) is 12.8 Å². The van der Waals surface area contributed by atoms with Gasteiger partial charge >= 0.3 is 0 Å². The van der Waals surface area contributed by atoms with Crippen LogP contribution in [-0.4, -0.2) is 59.5 Å². The molecule has 1 aliphatic rings. The fraction of sp³-hybridized carbons (Fsp3) is 0.409. The molecule has 1 aromatic heterocycles. The predicted molar refractivity (Wildman–Crippen MR) is 107 cm³/mol. The second kappa shape index (κ2) is 8.95. The van der Waals surface area contributed by atoms with Crippen molar-refractivity contribution < 1.29 is 14.0 Å². The summed E-state index contributed by atoms with van der Waals surface area (Å²) >= 11 is 0. The number of aryl methyl sites for hydroxylation is 1. The van der Waals surface area contributed by atoms with Crippen LogP contribution in [0.15, 0.2) is 42.7 Å². The van der Waals surface area contributed by atoms with Crippen molar-refractivity contribution in [2.45, 2.75) is 20.3 Å². The maximum absolute atomic E-state index is 12.9. The second-order valence-electron chi connectivity index (χ2n) is 7.40. The Hall–Kier alpha value is -2.76. The Morgan fingerprint density at radius 1 is 1.07 bits per heavy atom. The molecule has 0 bridgehead atoms. The van der Waals surface area contributed by atoms with Gasteiger partial charge in [0.25, 0.3) is 5.91 Å². The van der Waals surface area contributed by atoms with Gasteiger partial charge in [-0.15, -0.1) is 0 Å². The van der Waals surface area contributed by atoms with Crippen LogP contribution in [0.25, 0.3) is 11.1 Å². The summed E-state index contributed by atoms with van der Waals surface area (Å²) in [6, 6.07) is 9.63. The molecule has 1 atom stereocenters. The lowest BCUT2D eigenvalue weighted by Gasteiger charge is -2.35. The van der Waals surface area contributed by atoms with Crippen LogP contribution >= 0.6 is 0 Å². The third kappa shape index (κ3) is 4.55. The molecule has 6 heteroatoms. The minimum absolute atomic E-state index is 0.0198. The number of nitrogens with zero attached hydrogens (tertiary/aromatic N) is 3. The normalized spacial score (nSPS) is 15.4. The summed E-state index contributed by atoms with van der Waals surface area (Å²) in [4.78, 5) is 32.6. The number of hydrogen-bond donors (Lipinski definition) is 0. The Morgan fingerprint density at radius 2 is 1.71 bits per heavy atom. The van der Waals surface area contributed by atoms with Crippen LogP contribution in [0.2, 0.25) is 0 Å². The van der Waals surface area contributed by atoms with E-state index in [9.17, 15) is 14.0 Å². The van der Waals surface area contributed by atoms with Crippen LogP contribution in [0.5, 0.6) is 0 Å². The topological polar surface area (TPSA) is 53.5 Å². The number of carbonyl (C=O) groups excluding carboxylic acids is 2. The molecule has 2 aromatic rings. The molecule has 0 radical (unpaired) electrons. The first-order chi connectivity index (χ1) is 13.5. The standard InChI is InChI=1S/C22H26FN3O2/c1-16(15-23)13-21(27)25-9-11-26(12-10-25)22(28)19-3-4-20(17(2)14-19)18-5-7-24-8-6-18/h3-8,14,16H,9-13,15H2,1-2H3. The summed E-state index contributed by atoms with van der Waals surface area (Å²) in [5, 5.41) is 0. The number of rotatable bonds is 5. The van der Waals surface area contributed by atoms with E-state index < -0.39 is 6.67 Å². The number of amides is 2. The lowest BCUT2D eigenvalue weighted by molar-refractivity contribution is -0.133. The van der Waals surface area contributed by atoms with Crippen molar-refractivity contribution >= 4 is 11.8 Å². The molecule has 2 amide bonds. The number of alkyl halides is 1. The smallest absolute Gasteiger partial charge is 0.253 e. The molecular formula is C22H26FN3O2. The third-order valence-corrected chi connectivity index (χ3v) is 5.17. The summed E-state index contributed by atoms with van der Waals surface area (Å²) in [7, 11) is 0. The van der Waals surface area contributed by atoms with E-state index in [-0.39, 0.29) is 24.2 Å². The molecule has 0 spiro atoms. The van der Waals surface area contributed by atoms with Gasteiger partial charge in [-0.1, -0.05) is 13.0 Å². The van der Waals surface area contributed by atoms with Crippen molar-refractivity contribution in [3.63, 3.8) is 0 Å². The Labute approximate surface area is 165 Å². The van der Waals surface area contributed by atoms with Gasteiger partial charge in [-0.25, -0.2) is 0 Å². The fourth-order valence-electron chi connectivity index (χ4n) is 3.48. The molecule has 1 fully saturated rings. The van der Waals surface area contributed by atoms with Crippen molar-refractivity contribution in [1.29, 1.82) is 0 Å².